The van der Waals surface area contributed by atoms with Crippen molar-refractivity contribution in [3.05, 3.63) is 125 Å². The number of carbonyl (C=O) groups is 2. The molecule has 2 aliphatic rings. The summed E-state index contributed by atoms with van der Waals surface area (Å²) < 4.78 is 74.4. The van der Waals surface area contributed by atoms with Gasteiger partial charge in [-0.05, 0) is 72.1 Å². The van der Waals surface area contributed by atoms with Crippen LogP contribution in [-0.2, 0) is 53.1 Å². The van der Waals surface area contributed by atoms with E-state index in [1.54, 1.807) is 88.9 Å². The number of nitrogens with zero attached hydrogens (tertiary/aromatic N) is 1. The zero-order chi connectivity index (χ0) is 39.3. The van der Waals surface area contributed by atoms with Gasteiger partial charge in [0.05, 0.1) is 58.5 Å². The van der Waals surface area contributed by atoms with Crippen LogP contribution in [0.5, 0.6) is 17.2 Å². The van der Waals surface area contributed by atoms with Gasteiger partial charge in [0.1, 0.15) is 53.3 Å². The normalized spacial score (nSPS) is 23.7. The first-order chi connectivity index (χ1) is 26.4. The minimum absolute atomic E-state index is 0.000888. The summed E-state index contributed by atoms with van der Waals surface area (Å²) in [4.78, 5) is 29.8. The van der Waals surface area contributed by atoms with E-state index in [1.165, 1.54) is 7.11 Å². The molecule has 1 fully saturated rings. The lowest BCUT2D eigenvalue weighted by molar-refractivity contribution is -0.266. The molecule has 0 saturated heterocycles. The van der Waals surface area contributed by atoms with Crippen molar-refractivity contribution >= 4 is 21.9 Å². The largest absolute Gasteiger partial charge is 0.497 e. The second kappa shape index (κ2) is 16.9. The maximum Gasteiger partial charge on any atom is 0.264 e. The third-order valence-corrected chi connectivity index (χ3v) is 10.6. The molecule has 6 atom stereocenters. The van der Waals surface area contributed by atoms with Crippen molar-refractivity contribution in [1.82, 2.24) is 4.90 Å². The van der Waals surface area contributed by atoms with E-state index in [2.05, 4.69) is 0 Å². The second-order valence-corrected chi connectivity index (χ2v) is 15.1. The number of imide groups is 1. The second-order valence-electron chi connectivity index (χ2n) is 13.5. The lowest BCUT2D eigenvalue weighted by atomic mass is 9.71. The van der Waals surface area contributed by atoms with Crippen LogP contribution in [0, 0.1) is 0 Å². The summed E-state index contributed by atoms with van der Waals surface area (Å²) in [5.41, 5.74) is 0.873. The Morgan fingerprint density at radius 2 is 0.964 bits per heavy atom. The van der Waals surface area contributed by atoms with E-state index in [0.717, 1.165) is 27.8 Å². The molecule has 1 aliphatic heterocycles. The number of hydrogen-bond acceptors (Lipinski definition) is 12. The molecule has 0 spiro atoms. The Labute approximate surface area is 321 Å². The predicted octanol–water partition coefficient (Wildman–Crippen LogP) is 5.20. The van der Waals surface area contributed by atoms with Gasteiger partial charge in [0, 0.05) is 7.11 Å². The Kier molecular flexibility index (Phi) is 12.2. The summed E-state index contributed by atoms with van der Waals surface area (Å²) in [5.74, 6) is 0.722. The van der Waals surface area contributed by atoms with Crippen LogP contribution in [0.3, 0.4) is 0 Å². The Bertz CT molecular complexity index is 2020. The Hall–Kier alpha value is -4.83. The highest BCUT2D eigenvalue weighted by Gasteiger charge is 2.66. The highest BCUT2D eigenvalue weighted by molar-refractivity contribution is 7.86. The fourth-order valence-corrected chi connectivity index (χ4v) is 7.91. The summed E-state index contributed by atoms with van der Waals surface area (Å²) in [5, 5.41) is 0. The molecule has 0 unspecified atom stereocenters. The fourth-order valence-electron chi connectivity index (χ4n) is 7.29. The first kappa shape index (κ1) is 39.9. The SMILES string of the molecule is COc1ccc(CO[C@@H]2[C@@H](OCc3ccc(OC)cc3)[C@H](OCc3ccc(OC)cc3)[C@](C)(N3C(=O)c4ccccc4C3=O)[C@@H](OC)[C@H]2OS(C)(=O)=O)cc1. The summed E-state index contributed by atoms with van der Waals surface area (Å²) in [6.07, 6.45) is -5.37. The van der Waals surface area contributed by atoms with Crippen LogP contribution >= 0.6 is 0 Å². The molecule has 2 amide bonds. The van der Waals surface area contributed by atoms with E-state index in [0.29, 0.717) is 17.2 Å². The number of ether oxygens (including phenoxy) is 7. The van der Waals surface area contributed by atoms with Gasteiger partial charge in [-0.25, -0.2) is 0 Å². The molecule has 13 nitrogen and oxygen atoms in total. The molecule has 0 radical (unpaired) electrons. The lowest BCUT2D eigenvalue weighted by Gasteiger charge is -2.57. The third-order valence-electron chi connectivity index (χ3n) is 10.0. The summed E-state index contributed by atoms with van der Waals surface area (Å²) in [7, 11) is 1.85. The van der Waals surface area contributed by atoms with Crippen LogP contribution in [0.25, 0.3) is 0 Å². The number of methoxy groups -OCH3 is 4. The van der Waals surface area contributed by atoms with Crippen molar-refractivity contribution in [3.63, 3.8) is 0 Å². The van der Waals surface area contributed by atoms with Crippen molar-refractivity contribution in [1.29, 1.82) is 0 Å². The predicted molar refractivity (Wildman–Crippen MR) is 201 cm³/mol. The molecule has 4 aromatic rings. The van der Waals surface area contributed by atoms with Gasteiger partial charge in [0.25, 0.3) is 21.9 Å². The minimum atomic E-state index is -4.21. The van der Waals surface area contributed by atoms with Crippen LogP contribution in [-0.4, -0.2) is 95.9 Å². The molecular weight excluding hydrogens is 731 g/mol. The van der Waals surface area contributed by atoms with Crippen LogP contribution in [0.2, 0.25) is 0 Å². The van der Waals surface area contributed by atoms with Crippen molar-refractivity contribution < 1.29 is 55.3 Å². The molecule has 1 aliphatic carbocycles. The molecule has 1 heterocycles. The van der Waals surface area contributed by atoms with Crippen LogP contribution in [0.4, 0.5) is 0 Å². The molecule has 1 saturated carbocycles. The lowest BCUT2D eigenvalue weighted by Crippen LogP contribution is -2.77. The van der Waals surface area contributed by atoms with Crippen LogP contribution in [0.1, 0.15) is 44.3 Å². The van der Waals surface area contributed by atoms with E-state index in [-0.39, 0.29) is 30.9 Å². The number of amides is 2. The maximum absolute atomic E-state index is 14.4. The molecule has 4 aromatic carbocycles. The van der Waals surface area contributed by atoms with Gasteiger partial charge >= 0.3 is 0 Å². The summed E-state index contributed by atoms with van der Waals surface area (Å²) >= 11 is 0. The molecule has 0 bridgehead atoms. The van der Waals surface area contributed by atoms with Gasteiger partial charge in [0.2, 0.25) is 0 Å². The van der Waals surface area contributed by atoms with E-state index in [9.17, 15) is 18.0 Å². The van der Waals surface area contributed by atoms with Crippen molar-refractivity contribution in [2.45, 2.75) is 62.8 Å². The van der Waals surface area contributed by atoms with Gasteiger partial charge in [-0.2, -0.15) is 8.42 Å². The number of benzene rings is 4. The number of rotatable bonds is 16. The first-order valence-corrected chi connectivity index (χ1v) is 19.4. The van der Waals surface area contributed by atoms with Gasteiger partial charge in [-0.3, -0.25) is 18.7 Å². The van der Waals surface area contributed by atoms with Gasteiger partial charge < -0.3 is 33.2 Å². The van der Waals surface area contributed by atoms with E-state index in [1.807, 2.05) is 36.4 Å². The van der Waals surface area contributed by atoms with E-state index >= 15 is 0 Å². The van der Waals surface area contributed by atoms with Crippen molar-refractivity contribution in [2.24, 2.45) is 0 Å². The Balaban J connectivity index is 1.50. The van der Waals surface area contributed by atoms with Gasteiger partial charge in [-0.15, -0.1) is 0 Å². The maximum atomic E-state index is 14.4. The molecule has 0 N–H and O–H groups in total. The standard InChI is InChI=1S/C41H45NO12S/c1-41(42-39(43)32-9-7-8-10-33(32)40(42)44)37(50-5)36(54-55(6,45)46)34(51-23-26-11-17-29(47-2)18-12-26)35(52-24-27-13-19-30(48-3)20-14-27)38(41)53-25-28-15-21-31(49-4)22-16-28/h7-22,34-38H,23-25H2,1-6H3/t34-,35-,36+,37+,38+,41-/m1/s1. The number of fused-ring (bicyclic) bond motifs is 1. The fraction of sp³-hybridized carbons (Fsp3) is 0.366. The minimum Gasteiger partial charge on any atom is -0.497 e. The first-order valence-electron chi connectivity index (χ1n) is 17.5. The zero-order valence-corrected chi connectivity index (χ0v) is 32.3. The molecular formula is C41H45NO12S. The highest BCUT2D eigenvalue weighted by Crippen LogP contribution is 2.46. The van der Waals surface area contributed by atoms with Crippen molar-refractivity contribution in [3.8, 4) is 17.2 Å². The summed E-state index contributed by atoms with van der Waals surface area (Å²) in [6, 6.07) is 28.1. The average molecular weight is 776 g/mol. The highest BCUT2D eigenvalue weighted by atomic mass is 32.2. The molecule has 0 aromatic heterocycles. The number of hydrogen-bond donors (Lipinski definition) is 0. The third kappa shape index (κ3) is 8.39. The Morgan fingerprint density at radius 1 is 0.564 bits per heavy atom. The number of carbonyl (C=O) groups excluding carboxylic acids is 2. The summed E-state index contributed by atoms with van der Waals surface area (Å²) in [6.45, 7) is 1.62. The van der Waals surface area contributed by atoms with E-state index < -0.39 is 58.0 Å². The monoisotopic (exact) mass is 775 g/mol. The topological polar surface area (TPSA) is 145 Å². The zero-order valence-electron chi connectivity index (χ0n) is 31.5. The molecule has 292 valence electrons. The van der Waals surface area contributed by atoms with Gasteiger partial charge in [0.15, 0.2) is 0 Å². The quantitative estimate of drug-likeness (QED) is 0.109. The average Bonchev–Trinajstić information content (AvgIpc) is 3.45. The molecule has 6 rings (SSSR count). The van der Waals surface area contributed by atoms with E-state index in [4.69, 9.17) is 37.3 Å². The van der Waals surface area contributed by atoms with Gasteiger partial charge in [-0.1, -0.05) is 48.5 Å². The Morgan fingerprint density at radius 3 is 1.35 bits per heavy atom. The smallest absolute Gasteiger partial charge is 0.264 e. The van der Waals surface area contributed by atoms with Crippen LogP contribution < -0.4 is 14.2 Å². The molecule has 55 heavy (non-hydrogen) atoms. The van der Waals surface area contributed by atoms with Crippen LogP contribution in [0.15, 0.2) is 97.1 Å². The molecule has 14 heteroatoms. The van der Waals surface area contributed by atoms with Crippen molar-refractivity contribution in [2.75, 3.05) is 34.7 Å².